The second kappa shape index (κ2) is 6.64. The van der Waals surface area contributed by atoms with Crippen molar-refractivity contribution in [2.75, 3.05) is 19.6 Å². The average Bonchev–Trinajstić information content (AvgIpc) is 3.33. The van der Waals surface area contributed by atoms with Crippen LogP contribution in [0.2, 0.25) is 0 Å². The summed E-state index contributed by atoms with van der Waals surface area (Å²) in [6.07, 6.45) is 6.52. The Morgan fingerprint density at radius 2 is 2.12 bits per heavy atom. The van der Waals surface area contributed by atoms with Gasteiger partial charge in [-0.25, -0.2) is 4.79 Å². The van der Waals surface area contributed by atoms with Crippen LogP contribution >= 0.6 is 0 Å². The first kappa shape index (κ1) is 16.9. The molecule has 2 amide bonds. The van der Waals surface area contributed by atoms with E-state index in [0.29, 0.717) is 17.3 Å². The third-order valence-corrected chi connectivity index (χ3v) is 6.86. The Kier molecular flexibility index (Phi) is 4.48. The molecule has 1 aromatic rings. The van der Waals surface area contributed by atoms with E-state index in [2.05, 4.69) is 29.6 Å². The normalized spacial score (nSPS) is 30.0. The number of fused-ring (bicyclic) bond motifs is 2. The molecule has 25 heavy (non-hydrogen) atoms. The van der Waals surface area contributed by atoms with Gasteiger partial charge in [-0.05, 0) is 68.4 Å². The molecule has 1 aliphatic heterocycles. The summed E-state index contributed by atoms with van der Waals surface area (Å²) in [6, 6.07) is 8.96. The lowest BCUT2D eigenvalue weighted by Gasteiger charge is -2.33. The number of hydrogen-bond acceptors (Lipinski definition) is 2. The van der Waals surface area contributed by atoms with E-state index in [9.17, 15) is 9.90 Å². The van der Waals surface area contributed by atoms with E-state index in [0.717, 1.165) is 32.5 Å². The van der Waals surface area contributed by atoms with Crippen LogP contribution in [0.1, 0.15) is 50.2 Å². The molecule has 1 saturated heterocycles. The number of carbonyl (C=O) groups excluding carboxylic acids is 1. The number of likely N-dealkylation sites (tertiary alicyclic amines) is 1. The Labute approximate surface area is 150 Å². The van der Waals surface area contributed by atoms with Gasteiger partial charge in [0.1, 0.15) is 0 Å². The first-order chi connectivity index (χ1) is 12.1. The van der Waals surface area contributed by atoms with Crippen LogP contribution in [0.25, 0.3) is 0 Å². The summed E-state index contributed by atoms with van der Waals surface area (Å²) in [5.41, 5.74) is 3.39. The molecule has 1 aromatic carbocycles. The van der Waals surface area contributed by atoms with E-state index in [4.69, 9.17) is 0 Å². The molecule has 2 N–H and O–H groups in total. The number of carbonyl (C=O) groups is 1. The Morgan fingerprint density at radius 3 is 2.88 bits per heavy atom. The van der Waals surface area contributed by atoms with Gasteiger partial charge >= 0.3 is 6.03 Å². The summed E-state index contributed by atoms with van der Waals surface area (Å²) < 4.78 is 0. The lowest BCUT2D eigenvalue weighted by molar-refractivity contribution is 0.0798. The average molecular weight is 342 g/mol. The van der Waals surface area contributed by atoms with Gasteiger partial charge < -0.3 is 15.3 Å². The molecule has 3 atom stereocenters. The number of nitrogens with zero attached hydrogens (tertiary/aromatic N) is 1. The monoisotopic (exact) mass is 342 g/mol. The van der Waals surface area contributed by atoms with E-state index >= 15 is 0 Å². The number of nitrogens with one attached hydrogen (secondary N) is 1. The predicted octanol–water partition coefficient (Wildman–Crippen LogP) is 3.08. The molecular weight excluding hydrogens is 312 g/mol. The minimum Gasteiger partial charge on any atom is -0.393 e. The van der Waals surface area contributed by atoms with Crippen molar-refractivity contribution < 1.29 is 9.90 Å². The van der Waals surface area contributed by atoms with Crippen LogP contribution in [0.5, 0.6) is 0 Å². The van der Waals surface area contributed by atoms with Crippen molar-refractivity contribution in [3.63, 3.8) is 0 Å². The molecule has 136 valence electrons. The van der Waals surface area contributed by atoms with Crippen LogP contribution in [-0.2, 0) is 11.8 Å². The first-order valence-electron chi connectivity index (χ1n) is 9.89. The van der Waals surface area contributed by atoms with Gasteiger partial charge in [-0.1, -0.05) is 24.3 Å². The fourth-order valence-electron chi connectivity index (χ4n) is 5.14. The summed E-state index contributed by atoms with van der Waals surface area (Å²) in [6.45, 7) is 4.18. The quantitative estimate of drug-likeness (QED) is 0.887. The molecule has 4 nitrogen and oxygen atoms in total. The van der Waals surface area contributed by atoms with Gasteiger partial charge in [0, 0.05) is 25.0 Å². The van der Waals surface area contributed by atoms with E-state index in [1.165, 1.54) is 31.2 Å². The second-order valence-electron chi connectivity index (χ2n) is 8.32. The molecule has 0 bridgehead atoms. The summed E-state index contributed by atoms with van der Waals surface area (Å²) in [5.74, 6) is 0.933. The lowest BCUT2D eigenvalue weighted by Crippen LogP contribution is -2.46. The summed E-state index contributed by atoms with van der Waals surface area (Å²) in [4.78, 5) is 14.4. The number of piperidine rings is 1. The highest BCUT2D eigenvalue weighted by atomic mass is 16.3. The highest BCUT2D eigenvalue weighted by molar-refractivity contribution is 5.74. The van der Waals surface area contributed by atoms with E-state index in [-0.39, 0.29) is 12.1 Å². The predicted molar refractivity (Wildman–Crippen MR) is 98.5 cm³/mol. The molecule has 2 fully saturated rings. The fourth-order valence-corrected chi connectivity index (χ4v) is 5.14. The highest BCUT2D eigenvalue weighted by Crippen LogP contribution is 2.59. The van der Waals surface area contributed by atoms with Crippen molar-refractivity contribution in [2.24, 2.45) is 11.8 Å². The maximum Gasteiger partial charge on any atom is 0.317 e. The molecule has 1 saturated carbocycles. The molecule has 1 spiro atoms. The van der Waals surface area contributed by atoms with Crippen LogP contribution < -0.4 is 5.32 Å². The maximum absolute atomic E-state index is 12.5. The Bertz CT molecular complexity index is 637. The smallest absolute Gasteiger partial charge is 0.317 e. The van der Waals surface area contributed by atoms with Crippen LogP contribution in [0.4, 0.5) is 4.79 Å². The zero-order chi connectivity index (χ0) is 17.4. The topological polar surface area (TPSA) is 52.6 Å². The molecule has 4 rings (SSSR count). The Morgan fingerprint density at radius 1 is 1.36 bits per heavy atom. The molecule has 4 heteroatoms. The van der Waals surface area contributed by atoms with Gasteiger partial charge in [0.05, 0.1) is 6.10 Å². The maximum atomic E-state index is 12.5. The number of urea groups is 1. The molecule has 3 aliphatic rings. The lowest BCUT2D eigenvalue weighted by atomic mass is 9.78. The number of rotatable bonds is 3. The zero-order valence-electron chi connectivity index (χ0n) is 15.2. The fraction of sp³-hybridized carbons (Fsp3) is 0.667. The minimum atomic E-state index is -0.261. The highest BCUT2D eigenvalue weighted by Gasteiger charge is 2.56. The summed E-state index contributed by atoms with van der Waals surface area (Å²) in [7, 11) is 0. The number of aryl methyl sites for hydroxylation is 1. The largest absolute Gasteiger partial charge is 0.393 e. The van der Waals surface area contributed by atoms with Gasteiger partial charge in [0.15, 0.2) is 0 Å². The SMILES string of the molecule is CC(O)C1CCN(C(=O)NCC2CC23CCCc2ccccc23)CC1. The first-order valence-corrected chi connectivity index (χ1v) is 9.89. The van der Waals surface area contributed by atoms with Gasteiger partial charge in [0.2, 0.25) is 0 Å². The van der Waals surface area contributed by atoms with Crippen molar-refractivity contribution in [2.45, 2.75) is 57.0 Å². The zero-order valence-corrected chi connectivity index (χ0v) is 15.2. The summed E-state index contributed by atoms with van der Waals surface area (Å²) >= 11 is 0. The van der Waals surface area contributed by atoms with Crippen molar-refractivity contribution in [3.8, 4) is 0 Å². The van der Waals surface area contributed by atoms with Crippen molar-refractivity contribution >= 4 is 6.03 Å². The van der Waals surface area contributed by atoms with Crippen molar-refractivity contribution in [1.29, 1.82) is 0 Å². The van der Waals surface area contributed by atoms with Crippen LogP contribution in [0.15, 0.2) is 24.3 Å². The Hall–Kier alpha value is -1.55. The molecule has 0 aromatic heterocycles. The second-order valence-corrected chi connectivity index (χ2v) is 8.32. The third-order valence-electron chi connectivity index (χ3n) is 6.86. The van der Waals surface area contributed by atoms with Gasteiger partial charge in [-0.3, -0.25) is 0 Å². The minimum absolute atomic E-state index is 0.0789. The van der Waals surface area contributed by atoms with E-state index in [1.54, 1.807) is 5.56 Å². The van der Waals surface area contributed by atoms with Gasteiger partial charge in [-0.2, -0.15) is 0 Å². The number of aliphatic hydroxyl groups is 1. The number of aliphatic hydroxyl groups excluding tert-OH is 1. The molecule has 0 radical (unpaired) electrons. The van der Waals surface area contributed by atoms with Crippen LogP contribution in [0, 0.1) is 11.8 Å². The number of amides is 2. The molecule has 3 unspecified atom stereocenters. The Balaban J connectivity index is 1.30. The van der Waals surface area contributed by atoms with Crippen molar-refractivity contribution in [3.05, 3.63) is 35.4 Å². The summed E-state index contributed by atoms with van der Waals surface area (Å²) in [5, 5.41) is 12.9. The van der Waals surface area contributed by atoms with Gasteiger partial charge in [0.25, 0.3) is 0 Å². The van der Waals surface area contributed by atoms with Crippen molar-refractivity contribution in [1.82, 2.24) is 10.2 Å². The van der Waals surface area contributed by atoms with E-state index < -0.39 is 0 Å². The number of hydrogen-bond donors (Lipinski definition) is 2. The number of benzene rings is 1. The molecule has 2 aliphatic carbocycles. The molecule has 1 heterocycles. The van der Waals surface area contributed by atoms with Crippen LogP contribution in [0.3, 0.4) is 0 Å². The van der Waals surface area contributed by atoms with Crippen LogP contribution in [-0.4, -0.2) is 41.8 Å². The molecular formula is C21H30N2O2. The third kappa shape index (κ3) is 3.17. The standard InChI is InChI=1S/C21H30N2O2/c1-15(24)16-8-11-23(12-9-16)20(25)22-14-18-13-21(18)10-4-6-17-5-2-3-7-19(17)21/h2-3,5,7,15-16,18,24H,4,6,8-14H2,1H3,(H,22,25). The van der Waals surface area contributed by atoms with Gasteiger partial charge in [-0.15, -0.1) is 0 Å². The van der Waals surface area contributed by atoms with E-state index in [1.807, 2.05) is 11.8 Å².